The van der Waals surface area contributed by atoms with Crippen LogP contribution in [-0.4, -0.2) is 57.4 Å². The number of hydrogen-bond acceptors (Lipinski definition) is 6. The minimum absolute atomic E-state index is 0.0106. The number of nitrogens with zero attached hydrogens (tertiary/aromatic N) is 4. The second-order valence-corrected chi connectivity index (χ2v) is 17.3. The summed E-state index contributed by atoms with van der Waals surface area (Å²) < 4.78 is 55.7. The van der Waals surface area contributed by atoms with Crippen LogP contribution in [0.25, 0.3) is 5.65 Å². The number of fused-ring (bicyclic) bond motifs is 1. The molecule has 218 valence electrons. The summed E-state index contributed by atoms with van der Waals surface area (Å²) in [6, 6.07) is 0.466. The van der Waals surface area contributed by atoms with Crippen molar-refractivity contribution in [3.05, 3.63) is 51.1 Å². The number of aromatic nitrogens is 3. The van der Waals surface area contributed by atoms with E-state index in [1.165, 1.54) is 11.1 Å². The van der Waals surface area contributed by atoms with Crippen molar-refractivity contribution in [2.45, 2.75) is 82.4 Å². The first-order chi connectivity index (χ1) is 18.5. The predicted octanol–water partition coefficient (Wildman–Crippen LogP) is 5.82. The average Bonchev–Trinajstić information content (AvgIpc) is 3.58. The monoisotopic (exact) mass is 600 g/mol. The van der Waals surface area contributed by atoms with Crippen molar-refractivity contribution in [3.8, 4) is 5.88 Å². The van der Waals surface area contributed by atoms with Crippen molar-refractivity contribution in [1.29, 1.82) is 0 Å². The Kier molecular flexibility index (Phi) is 6.94. The SMILES string of the molecule is CC(C)(C)[Si](C)(C)OC1CN(C(=O)c2nc3c(C(F)(F)F)cc(C4CC4)cn3c2Cl)CCC1n1c(O)coc1=O. The Balaban J connectivity index is 1.51. The van der Waals surface area contributed by atoms with E-state index < -0.39 is 49.5 Å². The number of carbonyl (C=O) groups excluding carboxylic acids is 1. The number of halogens is 4. The first-order valence-corrected chi connectivity index (χ1v) is 16.4. The maximum absolute atomic E-state index is 14.0. The van der Waals surface area contributed by atoms with Crippen molar-refractivity contribution in [2.24, 2.45) is 0 Å². The molecule has 1 amide bonds. The molecule has 2 atom stereocenters. The number of alkyl halides is 3. The van der Waals surface area contributed by atoms with Crippen LogP contribution in [0, 0.1) is 0 Å². The number of piperidine rings is 1. The molecule has 2 aliphatic rings. The van der Waals surface area contributed by atoms with Crippen LogP contribution in [0.15, 0.2) is 27.7 Å². The summed E-state index contributed by atoms with van der Waals surface area (Å²) >= 11 is 6.51. The molecule has 0 bridgehead atoms. The number of aromatic hydroxyl groups is 1. The minimum Gasteiger partial charge on any atom is -0.492 e. The van der Waals surface area contributed by atoms with Gasteiger partial charge in [0.2, 0.25) is 5.88 Å². The summed E-state index contributed by atoms with van der Waals surface area (Å²) in [7, 11) is -2.44. The molecule has 3 aromatic rings. The number of carbonyl (C=O) groups is 1. The van der Waals surface area contributed by atoms with Crippen molar-refractivity contribution in [3.63, 3.8) is 0 Å². The number of pyridine rings is 1. The van der Waals surface area contributed by atoms with Crippen LogP contribution in [0.1, 0.15) is 73.6 Å². The van der Waals surface area contributed by atoms with Gasteiger partial charge in [-0.2, -0.15) is 13.2 Å². The molecule has 4 heterocycles. The smallest absolute Gasteiger partial charge is 0.422 e. The van der Waals surface area contributed by atoms with Gasteiger partial charge in [0.15, 0.2) is 25.9 Å². The zero-order chi connectivity index (χ0) is 29.4. The highest BCUT2D eigenvalue weighted by Gasteiger charge is 2.45. The second-order valence-electron chi connectivity index (χ2n) is 12.2. The van der Waals surface area contributed by atoms with Crippen molar-refractivity contribution >= 4 is 31.5 Å². The number of likely N-dealkylation sites (tertiary alicyclic amines) is 1. The van der Waals surface area contributed by atoms with Crippen LogP contribution < -0.4 is 5.76 Å². The van der Waals surface area contributed by atoms with Crippen molar-refractivity contribution in [1.82, 2.24) is 18.9 Å². The van der Waals surface area contributed by atoms with Crippen LogP contribution in [0.3, 0.4) is 0 Å². The molecule has 0 radical (unpaired) electrons. The summed E-state index contributed by atoms with van der Waals surface area (Å²) in [5.74, 6) is -1.72. The summed E-state index contributed by atoms with van der Waals surface area (Å²) in [4.78, 5) is 31.6. The number of imidazole rings is 1. The molecular formula is C26H32ClF3N4O5Si. The first-order valence-electron chi connectivity index (χ1n) is 13.1. The standard InChI is InChI=1S/C26H32ClF3N4O5Si/c1-25(2,3)40(4,5)39-18-12-32(9-8-17(18)34-19(35)13-38-24(34)37)23(36)20-21(27)33-11-15(14-6-7-14)10-16(22(33)31-20)26(28,29)30/h10-11,13-14,17-18,35H,6-9,12H2,1-5H3. The van der Waals surface area contributed by atoms with Crippen molar-refractivity contribution in [2.75, 3.05) is 13.1 Å². The summed E-state index contributed by atoms with van der Waals surface area (Å²) in [6.07, 6.45) is -1.10. The van der Waals surface area contributed by atoms with Gasteiger partial charge in [0.25, 0.3) is 5.91 Å². The molecule has 14 heteroatoms. The van der Waals surface area contributed by atoms with Gasteiger partial charge in [-0.3, -0.25) is 9.20 Å². The van der Waals surface area contributed by atoms with Crippen LogP contribution in [0.5, 0.6) is 5.88 Å². The van der Waals surface area contributed by atoms with E-state index in [2.05, 4.69) is 4.98 Å². The predicted molar refractivity (Wildman–Crippen MR) is 143 cm³/mol. The molecule has 1 aliphatic carbocycles. The Morgan fingerprint density at radius 3 is 2.45 bits per heavy atom. The van der Waals surface area contributed by atoms with E-state index in [4.69, 9.17) is 20.4 Å². The molecule has 5 rings (SSSR count). The fourth-order valence-corrected chi connectivity index (χ4v) is 6.54. The van der Waals surface area contributed by atoms with Gasteiger partial charge >= 0.3 is 11.9 Å². The lowest BCUT2D eigenvalue weighted by Crippen LogP contribution is -2.54. The highest BCUT2D eigenvalue weighted by atomic mass is 35.5. The fourth-order valence-electron chi connectivity index (χ4n) is 4.94. The highest BCUT2D eigenvalue weighted by molar-refractivity contribution is 6.74. The number of amides is 1. The highest BCUT2D eigenvalue weighted by Crippen LogP contribution is 2.44. The third-order valence-electron chi connectivity index (χ3n) is 8.34. The minimum atomic E-state index is -4.68. The molecular weight excluding hydrogens is 569 g/mol. The second kappa shape index (κ2) is 9.66. The van der Waals surface area contributed by atoms with Gasteiger partial charge in [0.1, 0.15) is 5.15 Å². The lowest BCUT2D eigenvalue weighted by molar-refractivity contribution is -0.136. The molecule has 1 N–H and O–H groups in total. The van der Waals surface area contributed by atoms with Crippen LogP contribution in [0.2, 0.25) is 23.3 Å². The molecule has 1 saturated heterocycles. The summed E-state index contributed by atoms with van der Waals surface area (Å²) in [6.45, 7) is 10.3. The maximum Gasteiger partial charge on any atom is 0.422 e. The van der Waals surface area contributed by atoms with E-state index in [0.717, 1.165) is 34.1 Å². The first kappa shape index (κ1) is 28.7. The van der Waals surface area contributed by atoms with Gasteiger partial charge in [-0.15, -0.1) is 0 Å². The molecule has 1 saturated carbocycles. The van der Waals surface area contributed by atoms with Crippen LogP contribution >= 0.6 is 11.6 Å². The average molecular weight is 601 g/mol. The van der Waals surface area contributed by atoms with Crippen LogP contribution in [0.4, 0.5) is 13.2 Å². The largest absolute Gasteiger partial charge is 0.492 e. The van der Waals surface area contributed by atoms with Gasteiger partial charge < -0.3 is 18.8 Å². The molecule has 2 unspecified atom stereocenters. The van der Waals surface area contributed by atoms with Gasteiger partial charge in [0, 0.05) is 19.3 Å². The van der Waals surface area contributed by atoms with Gasteiger partial charge in [0.05, 0.1) is 17.7 Å². The number of rotatable bonds is 5. The van der Waals surface area contributed by atoms with E-state index in [0.29, 0.717) is 5.56 Å². The Hall–Kier alpha value is -2.77. The topological polar surface area (TPSA) is 102 Å². The third kappa shape index (κ3) is 5.07. The maximum atomic E-state index is 14.0. The van der Waals surface area contributed by atoms with E-state index >= 15 is 0 Å². The van der Waals surface area contributed by atoms with E-state index in [1.807, 2.05) is 33.9 Å². The number of hydrogen-bond donors (Lipinski definition) is 1. The summed E-state index contributed by atoms with van der Waals surface area (Å²) in [5.41, 5.74) is -1.14. The molecule has 40 heavy (non-hydrogen) atoms. The molecule has 9 nitrogen and oxygen atoms in total. The van der Waals surface area contributed by atoms with E-state index in [9.17, 15) is 27.9 Å². The molecule has 1 aliphatic heterocycles. The van der Waals surface area contributed by atoms with Gasteiger partial charge in [-0.25, -0.2) is 14.3 Å². The Morgan fingerprint density at radius 2 is 1.90 bits per heavy atom. The molecule has 3 aromatic heterocycles. The van der Waals surface area contributed by atoms with Crippen LogP contribution in [-0.2, 0) is 10.6 Å². The van der Waals surface area contributed by atoms with Gasteiger partial charge in [-0.1, -0.05) is 32.4 Å². The van der Waals surface area contributed by atoms with Gasteiger partial charge in [-0.05, 0) is 54.9 Å². The van der Waals surface area contributed by atoms with Crippen molar-refractivity contribution < 1.29 is 31.9 Å². The van der Waals surface area contributed by atoms with E-state index in [-0.39, 0.29) is 47.2 Å². The quantitative estimate of drug-likeness (QED) is 0.370. The normalized spacial score (nSPS) is 20.9. The Bertz CT molecular complexity index is 1520. The fraction of sp³-hybridized carbons (Fsp3) is 0.577. The lowest BCUT2D eigenvalue weighted by Gasteiger charge is -2.45. The Morgan fingerprint density at radius 1 is 1.23 bits per heavy atom. The molecule has 0 aromatic carbocycles. The number of oxazole rings is 1. The zero-order valence-electron chi connectivity index (χ0n) is 22.9. The lowest BCUT2D eigenvalue weighted by atomic mass is 10.0. The summed E-state index contributed by atoms with van der Waals surface area (Å²) in [5, 5.41) is 9.91. The zero-order valence-corrected chi connectivity index (χ0v) is 24.6. The molecule has 0 spiro atoms. The Labute approximate surface area is 234 Å². The third-order valence-corrected chi connectivity index (χ3v) is 13.2. The van der Waals surface area contributed by atoms with E-state index in [1.54, 1.807) is 0 Å². The molecule has 2 fully saturated rings.